The Labute approximate surface area is 91.7 Å². The van der Waals surface area contributed by atoms with E-state index in [1.807, 2.05) is 6.07 Å². The summed E-state index contributed by atoms with van der Waals surface area (Å²) in [5.74, 6) is -1.03. The van der Waals surface area contributed by atoms with E-state index in [-0.39, 0.29) is 5.69 Å². The zero-order valence-corrected chi connectivity index (χ0v) is 8.38. The number of carboxylic acid groups (broad SMARTS) is 1. The van der Waals surface area contributed by atoms with Crippen LogP contribution in [0, 0.1) is 0 Å². The molecule has 0 saturated heterocycles. The molecule has 5 heteroatoms. The van der Waals surface area contributed by atoms with E-state index in [0.29, 0.717) is 6.54 Å². The topological polar surface area (TPSA) is 75.4 Å². The van der Waals surface area contributed by atoms with Crippen LogP contribution >= 0.6 is 0 Å². The Balaban J connectivity index is 1.98. The van der Waals surface area contributed by atoms with Crippen LogP contribution in [0.3, 0.4) is 0 Å². The summed E-state index contributed by atoms with van der Waals surface area (Å²) in [6.45, 7) is 0.616. The van der Waals surface area contributed by atoms with E-state index in [0.717, 1.165) is 11.3 Å². The Morgan fingerprint density at radius 3 is 2.88 bits per heavy atom. The molecule has 0 aliphatic rings. The molecular weight excluding hydrogens is 208 g/mol. The minimum absolute atomic E-state index is 0.0360. The van der Waals surface area contributed by atoms with Gasteiger partial charge >= 0.3 is 5.97 Å². The average Bonchev–Trinajstić information content (AvgIpc) is 2.80. The molecule has 0 amide bonds. The number of furan rings is 1. The molecule has 0 unspecified atom stereocenters. The summed E-state index contributed by atoms with van der Waals surface area (Å²) in [5, 5.41) is 11.8. The molecule has 0 radical (unpaired) electrons. The third-order valence-electron chi connectivity index (χ3n) is 2.06. The third kappa shape index (κ3) is 2.38. The van der Waals surface area contributed by atoms with Crippen molar-refractivity contribution < 1.29 is 14.3 Å². The van der Waals surface area contributed by atoms with Gasteiger partial charge in [-0.05, 0) is 18.2 Å². The fourth-order valence-corrected chi connectivity index (χ4v) is 1.22. The average molecular weight is 218 g/mol. The van der Waals surface area contributed by atoms with Crippen molar-refractivity contribution in [2.24, 2.45) is 0 Å². The Hall–Kier alpha value is -2.30. The van der Waals surface area contributed by atoms with Gasteiger partial charge in [0.1, 0.15) is 5.69 Å². The number of carboxylic acids is 1. The van der Waals surface area contributed by atoms with Crippen molar-refractivity contribution >= 4 is 11.7 Å². The van der Waals surface area contributed by atoms with E-state index in [2.05, 4.69) is 10.3 Å². The molecule has 0 bridgehead atoms. The fraction of sp³-hybridized carbons (Fsp3) is 0.0909. The number of rotatable bonds is 4. The molecule has 0 aromatic carbocycles. The van der Waals surface area contributed by atoms with Gasteiger partial charge in [-0.3, -0.25) is 0 Å². The largest absolute Gasteiger partial charge is 0.477 e. The van der Waals surface area contributed by atoms with Crippen LogP contribution in [0.2, 0.25) is 0 Å². The number of pyridine rings is 1. The van der Waals surface area contributed by atoms with Gasteiger partial charge in [0.2, 0.25) is 0 Å². The van der Waals surface area contributed by atoms with Gasteiger partial charge in [-0.15, -0.1) is 0 Å². The summed E-state index contributed by atoms with van der Waals surface area (Å²) < 4.78 is 4.92. The fourth-order valence-electron chi connectivity index (χ4n) is 1.22. The third-order valence-corrected chi connectivity index (χ3v) is 2.06. The van der Waals surface area contributed by atoms with Gasteiger partial charge in [-0.1, -0.05) is 0 Å². The van der Waals surface area contributed by atoms with Crippen LogP contribution < -0.4 is 5.32 Å². The Kier molecular flexibility index (Phi) is 2.86. The molecule has 2 aromatic rings. The minimum Gasteiger partial charge on any atom is -0.477 e. The summed E-state index contributed by atoms with van der Waals surface area (Å²) in [6, 6.07) is 4.99. The quantitative estimate of drug-likeness (QED) is 0.820. The van der Waals surface area contributed by atoms with Crippen molar-refractivity contribution in [3.8, 4) is 0 Å². The predicted molar refractivity (Wildman–Crippen MR) is 57.2 cm³/mol. The minimum atomic E-state index is -1.03. The molecular formula is C11H10N2O3. The molecule has 0 saturated carbocycles. The van der Waals surface area contributed by atoms with Crippen molar-refractivity contribution in [1.82, 2.24) is 4.98 Å². The molecule has 5 nitrogen and oxygen atoms in total. The molecule has 2 aromatic heterocycles. The van der Waals surface area contributed by atoms with E-state index in [1.165, 1.54) is 12.3 Å². The maximum atomic E-state index is 10.6. The van der Waals surface area contributed by atoms with Crippen molar-refractivity contribution in [2.45, 2.75) is 6.54 Å². The van der Waals surface area contributed by atoms with Gasteiger partial charge in [0, 0.05) is 12.1 Å². The number of hydrogen-bond donors (Lipinski definition) is 2. The van der Waals surface area contributed by atoms with Crippen LogP contribution in [0.15, 0.2) is 41.3 Å². The molecule has 2 N–H and O–H groups in total. The second-order valence-corrected chi connectivity index (χ2v) is 3.22. The number of nitrogens with one attached hydrogen (secondary N) is 1. The molecule has 0 spiro atoms. The van der Waals surface area contributed by atoms with Crippen LogP contribution in [-0.2, 0) is 6.54 Å². The lowest BCUT2D eigenvalue weighted by molar-refractivity contribution is 0.0690. The van der Waals surface area contributed by atoms with Crippen molar-refractivity contribution in [1.29, 1.82) is 0 Å². The molecule has 0 aliphatic heterocycles. The summed E-state index contributed by atoms with van der Waals surface area (Å²) >= 11 is 0. The van der Waals surface area contributed by atoms with E-state index in [1.54, 1.807) is 18.6 Å². The van der Waals surface area contributed by atoms with Gasteiger partial charge < -0.3 is 14.8 Å². The highest BCUT2D eigenvalue weighted by molar-refractivity contribution is 5.85. The highest BCUT2D eigenvalue weighted by atomic mass is 16.4. The van der Waals surface area contributed by atoms with Crippen LogP contribution in [0.25, 0.3) is 0 Å². The standard InChI is InChI=1S/C11H10N2O3/c14-11(15)10-2-1-9(6-13-10)12-5-8-3-4-16-7-8/h1-4,6-7,12H,5H2,(H,14,15). The van der Waals surface area contributed by atoms with Gasteiger partial charge in [0.15, 0.2) is 0 Å². The number of hydrogen-bond acceptors (Lipinski definition) is 4. The lowest BCUT2D eigenvalue weighted by Gasteiger charge is -2.03. The number of nitrogens with zero attached hydrogens (tertiary/aromatic N) is 1. The maximum absolute atomic E-state index is 10.6. The Morgan fingerprint density at radius 1 is 1.44 bits per heavy atom. The highest BCUT2D eigenvalue weighted by Gasteiger charge is 2.03. The van der Waals surface area contributed by atoms with E-state index < -0.39 is 5.97 Å². The second-order valence-electron chi connectivity index (χ2n) is 3.22. The van der Waals surface area contributed by atoms with Crippen molar-refractivity contribution in [3.05, 3.63) is 48.2 Å². The number of anilines is 1. The first-order valence-electron chi connectivity index (χ1n) is 4.70. The number of aromatic nitrogens is 1. The zero-order valence-electron chi connectivity index (χ0n) is 8.38. The Bertz CT molecular complexity index is 462. The molecule has 0 atom stereocenters. The first-order valence-corrected chi connectivity index (χ1v) is 4.70. The van der Waals surface area contributed by atoms with Crippen molar-refractivity contribution in [3.63, 3.8) is 0 Å². The van der Waals surface area contributed by atoms with Gasteiger partial charge in [-0.2, -0.15) is 0 Å². The second kappa shape index (κ2) is 4.48. The van der Waals surface area contributed by atoms with Crippen LogP contribution in [0.5, 0.6) is 0 Å². The van der Waals surface area contributed by atoms with Crippen LogP contribution in [-0.4, -0.2) is 16.1 Å². The number of aromatic carboxylic acids is 1. The van der Waals surface area contributed by atoms with E-state index in [9.17, 15) is 4.79 Å². The number of carbonyl (C=O) groups is 1. The van der Waals surface area contributed by atoms with Gasteiger partial charge in [0.25, 0.3) is 0 Å². The summed E-state index contributed by atoms with van der Waals surface area (Å²) in [7, 11) is 0. The normalized spacial score (nSPS) is 10.0. The molecule has 0 fully saturated rings. The molecule has 0 aliphatic carbocycles. The molecule has 16 heavy (non-hydrogen) atoms. The predicted octanol–water partition coefficient (Wildman–Crippen LogP) is 1.98. The van der Waals surface area contributed by atoms with Gasteiger partial charge in [-0.25, -0.2) is 9.78 Å². The molecule has 82 valence electrons. The first-order chi connectivity index (χ1) is 7.75. The monoisotopic (exact) mass is 218 g/mol. The van der Waals surface area contributed by atoms with E-state index >= 15 is 0 Å². The SMILES string of the molecule is O=C(O)c1ccc(NCc2ccoc2)cn1. The maximum Gasteiger partial charge on any atom is 0.354 e. The van der Waals surface area contributed by atoms with Crippen molar-refractivity contribution in [2.75, 3.05) is 5.32 Å². The summed E-state index contributed by atoms with van der Waals surface area (Å²) in [5.41, 5.74) is 1.82. The summed E-state index contributed by atoms with van der Waals surface area (Å²) in [6.07, 6.45) is 4.73. The lowest BCUT2D eigenvalue weighted by Crippen LogP contribution is -2.02. The molecule has 2 rings (SSSR count). The van der Waals surface area contributed by atoms with Crippen LogP contribution in [0.4, 0.5) is 5.69 Å². The van der Waals surface area contributed by atoms with E-state index in [4.69, 9.17) is 9.52 Å². The smallest absolute Gasteiger partial charge is 0.354 e. The molecule has 2 heterocycles. The summed E-state index contributed by atoms with van der Waals surface area (Å²) in [4.78, 5) is 14.4. The highest BCUT2D eigenvalue weighted by Crippen LogP contribution is 2.09. The van der Waals surface area contributed by atoms with Gasteiger partial charge in [0.05, 0.1) is 24.4 Å². The first kappa shape index (κ1) is 10.2. The Morgan fingerprint density at radius 2 is 2.31 bits per heavy atom. The zero-order chi connectivity index (χ0) is 11.4. The lowest BCUT2D eigenvalue weighted by atomic mass is 10.3. The van der Waals surface area contributed by atoms with Crippen LogP contribution in [0.1, 0.15) is 16.1 Å².